The highest BCUT2D eigenvalue weighted by atomic mass is 35.5. The Bertz CT molecular complexity index is 465. The first-order valence-electron chi connectivity index (χ1n) is 6.43. The summed E-state index contributed by atoms with van der Waals surface area (Å²) in [5.74, 6) is 0.105. The third-order valence-electron chi connectivity index (χ3n) is 3.97. The van der Waals surface area contributed by atoms with E-state index in [9.17, 15) is 4.79 Å². The van der Waals surface area contributed by atoms with Gasteiger partial charge in [-0.05, 0) is 37.0 Å². The van der Waals surface area contributed by atoms with Gasteiger partial charge in [0.05, 0.1) is 18.6 Å². The van der Waals surface area contributed by atoms with E-state index < -0.39 is 5.41 Å². The molecule has 0 aromatic heterocycles. The number of rotatable bonds is 2. The van der Waals surface area contributed by atoms with Gasteiger partial charge in [0.15, 0.2) is 0 Å². The maximum atomic E-state index is 12.6. The van der Waals surface area contributed by atoms with Gasteiger partial charge in [-0.1, -0.05) is 30.2 Å². The van der Waals surface area contributed by atoms with Crippen LogP contribution in [0.3, 0.4) is 0 Å². The van der Waals surface area contributed by atoms with E-state index in [1.165, 1.54) is 0 Å². The average molecular weight is 266 g/mol. The smallest absolute Gasteiger partial charge is 0.256 e. The van der Waals surface area contributed by atoms with Crippen LogP contribution in [0, 0.1) is 0 Å². The van der Waals surface area contributed by atoms with Gasteiger partial charge in [-0.25, -0.2) is 5.06 Å². The zero-order valence-electron chi connectivity index (χ0n) is 10.2. The summed E-state index contributed by atoms with van der Waals surface area (Å²) in [5, 5.41) is 2.23. The van der Waals surface area contributed by atoms with Crippen LogP contribution in [-0.4, -0.2) is 24.1 Å². The molecule has 1 heterocycles. The molecule has 3 nitrogen and oxygen atoms in total. The van der Waals surface area contributed by atoms with Crippen molar-refractivity contribution < 1.29 is 9.63 Å². The van der Waals surface area contributed by atoms with Crippen LogP contribution in [0.15, 0.2) is 24.3 Å². The average Bonchev–Trinajstić information content (AvgIpc) is 2.80. The fraction of sp³-hybridized carbons (Fsp3) is 0.500. The Labute approximate surface area is 112 Å². The molecule has 0 spiro atoms. The zero-order chi connectivity index (χ0) is 12.6. The van der Waals surface area contributed by atoms with Crippen molar-refractivity contribution in [3.63, 3.8) is 0 Å². The zero-order valence-corrected chi connectivity index (χ0v) is 10.9. The number of carbonyl (C=O) groups is 1. The molecule has 2 aliphatic rings. The summed E-state index contributed by atoms with van der Waals surface area (Å²) in [6.07, 6.45) is 3.81. The largest absolute Gasteiger partial charge is 0.272 e. The normalized spacial score (nSPS) is 21.7. The van der Waals surface area contributed by atoms with Gasteiger partial charge in [0.1, 0.15) is 0 Å². The van der Waals surface area contributed by atoms with Gasteiger partial charge in [-0.2, -0.15) is 0 Å². The molecule has 3 rings (SSSR count). The van der Waals surface area contributed by atoms with Gasteiger partial charge in [-0.15, -0.1) is 0 Å². The molecule has 1 saturated heterocycles. The van der Waals surface area contributed by atoms with Crippen molar-refractivity contribution in [3.8, 4) is 0 Å². The summed E-state index contributed by atoms with van der Waals surface area (Å²) in [5.41, 5.74) is 0.636. The number of carbonyl (C=O) groups excluding carboxylic acids is 1. The maximum absolute atomic E-state index is 12.6. The Hall–Kier alpha value is -1.06. The maximum Gasteiger partial charge on any atom is 0.256 e. The van der Waals surface area contributed by atoms with Crippen LogP contribution in [0.4, 0.5) is 0 Å². The highest BCUT2D eigenvalue weighted by molar-refractivity contribution is 6.30. The van der Waals surface area contributed by atoms with Crippen LogP contribution in [0.1, 0.15) is 31.2 Å². The van der Waals surface area contributed by atoms with Crippen molar-refractivity contribution in [2.45, 2.75) is 31.1 Å². The molecule has 0 bridgehead atoms. The topological polar surface area (TPSA) is 29.5 Å². The van der Waals surface area contributed by atoms with Crippen molar-refractivity contribution in [1.29, 1.82) is 0 Å². The van der Waals surface area contributed by atoms with Crippen LogP contribution >= 0.6 is 11.6 Å². The van der Waals surface area contributed by atoms with E-state index in [2.05, 4.69) is 0 Å². The lowest BCUT2D eigenvalue weighted by Crippen LogP contribution is -2.49. The van der Waals surface area contributed by atoms with Gasteiger partial charge >= 0.3 is 0 Å². The SMILES string of the molecule is O=C(N1CCCO1)C1(c2cccc(Cl)c2)CCC1. The monoisotopic (exact) mass is 265 g/mol. The number of hydroxylamine groups is 2. The van der Waals surface area contributed by atoms with Gasteiger partial charge < -0.3 is 0 Å². The molecule has 96 valence electrons. The molecule has 1 saturated carbocycles. The van der Waals surface area contributed by atoms with Crippen molar-refractivity contribution in [2.75, 3.05) is 13.2 Å². The van der Waals surface area contributed by atoms with Gasteiger partial charge in [0.25, 0.3) is 5.91 Å². The number of benzene rings is 1. The van der Waals surface area contributed by atoms with Crippen molar-refractivity contribution in [1.82, 2.24) is 5.06 Å². The second-order valence-electron chi connectivity index (χ2n) is 5.04. The molecular weight excluding hydrogens is 250 g/mol. The molecule has 1 aromatic rings. The van der Waals surface area contributed by atoms with E-state index in [0.717, 1.165) is 31.2 Å². The first-order valence-corrected chi connectivity index (χ1v) is 6.81. The van der Waals surface area contributed by atoms with Crippen molar-refractivity contribution >= 4 is 17.5 Å². The Kier molecular flexibility index (Phi) is 3.04. The minimum absolute atomic E-state index is 0.105. The van der Waals surface area contributed by atoms with Crippen LogP contribution in [0.25, 0.3) is 0 Å². The molecule has 4 heteroatoms. The molecular formula is C14H16ClNO2. The van der Waals surface area contributed by atoms with Crippen molar-refractivity contribution in [2.24, 2.45) is 0 Å². The van der Waals surface area contributed by atoms with E-state index in [0.29, 0.717) is 18.2 Å². The second kappa shape index (κ2) is 4.56. The predicted molar refractivity (Wildman–Crippen MR) is 69.3 cm³/mol. The first-order chi connectivity index (χ1) is 8.72. The van der Waals surface area contributed by atoms with Gasteiger partial charge in [-0.3, -0.25) is 9.63 Å². The van der Waals surface area contributed by atoms with E-state index >= 15 is 0 Å². The molecule has 0 radical (unpaired) electrons. The summed E-state index contributed by atoms with van der Waals surface area (Å²) in [7, 11) is 0. The third-order valence-corrected chi connectivity index (χ3v) is 4.21. The molecule has 1 aliphatic carbocycles. The summed E-state index contributed by atoms with van der Waals surface area (Å²) < 4.78 is 0. The highest BCUT2D eigenvalue weighted by Gasteiger charge is 2.48. The van der Waals surface area contributed by atoms with Crippen LogP contribution in [0.5, 0.6) is 0 Å². The summed E-state index contributed by atoms with van der Waals surface area (Å²) in [6, 6.07) is 7.66. The molecule has 2 fully saturated rings. The number of amides is 1. The molecule has 1 aliphatic heterocycles. The Morgan fingerprint density at radius 1 is 1.33 bits per heavy atom. The quantitative estimate of drug-likeness (QED) is 0.823. The predicted octanol–water partition coefficient (Wildman–Crippen LogP) is 2.93. The van der Waals surface area contributed by atoms with Gasteiger partial charge in [0.2, 0.25) is 0 Å². The van der Waals surface area contributed by atoms with Crippen LogP contribution in [-0.2, 0) is 15.0 Å². The minimum Gasteiger partial charge on any atom is -0.272 e. The number of hydrogen-bond donors (Lipinski definition) is 0. The Balaban J connectivity index is 1.92. The lowest BCUT2D eigenvalue weighted by Gasteiger charge is -2.42. The second-order valence-corrected chi connectivity index (χ2v) is 5.48. The standard InChI is InChI=1S/C14H16ClNO2/c15-12-5-1-4-11(10-12)14(6-2-7-14)13(17)16-8-3-9-18-16/h1,4-5,10H,2-3,6-9H2. The Morgan fingerprint density at radius 2 is 2.17 bits per heavy atom. The summed E-state index contributed by atoms with van der Waals surface area (Å²) in [4.78, 5) is 18.0. The van der Waals surface area contributed by atoms with E-state index in [1.807, 2.05) is 24.3 Å². The van der Waals surface area contributed by atoms with E-state index in [1.54, 1.807) is 5.06 Å². The van der Waals surface area contributed by atoms with Crippen LogP contribution < -0.4 is 0 Å². The van der Waals surface area contributed by atoms with E-state index in [4.69, 9.17) is 16.4 Å². The molecule has 1 aromatic carbocycles. The number of hydrogen-bond acceptors (Lipinski definition) is 2. The molecule has 0 unspecified atom stereocenters. The fourth-order valence-electron chi connectivity index (χ4n) is 2.79. The number of nitrogens with zero attached hydrogens (tertiary/aromatic N) is 1. The van der Waals surface area contributed by atoms with Crippen molar-refractivity contribution in [3.05, 3.63) is 34.9 Å². The molecule has 1 amide bonds. The van der Waals surface area contributed by atoms with Crippen LogP contribution in [0.2, 0.25) is 5.02 Å². The molecule has 0 atom stereocenters. The fourth-order valence-corrected chi connectivity index (χ4v) is 2.98. The summed E-state index contributed by atoms with van der Waals surface area (Å²) >= 11 is 6.04. The highest BCUT2D eigenvalue weighted by Crippen LogP contribution is 2.46. The summed E-state index contributed by atoms with van der Waals surface area (Å²) in [6.45, 7) is 1.36. The Morgan fingerprint density at radius 3 is 2.72 bits per heavy atom. The minimum atomic E-state index is -0.394. The lowest BCUT2D eigenvalue weighted by atomic mass is 9.63. The lowest BCUT2D eigenvalue weighted by molar-refractivity contribution is -0.179. The number of halogens is 1. The third kappa shape index (κ3) is 1.82. The first kappa shape index (κ1) is 12.0. The molecule has 0 N–H and O–H groups in total. The van der Waals surface area contributed by atoms with Gasteiger partial charge in [0, 0.05) is 5.02 Å². The molecule has 18 heavy (non-hydrogen) atoms. The van der Waals surface area contributed by atoms with E-state index in [-0.39, 0.29) is 5.91 Å².